The summed E-state index contributed by atoms with van der Waals surface area (Å²) in [6.07, 6.45) is 0. The Morgan fingerprint density at radius 2 is 0.833 bits per heavy atom. The SMILES string of the molecule is O=C(O)c1cc2c(C(=O)O)cc1-2.O=C(O)c1ccc(C(=O)O)cc1. The fourth-order valence-corrected chi connectivity index (χ4v) is 2.00. The van der Waals surface area contributed by atoms with E-state index in [-0.39, 0.29) is 22.3 Å². The van der Waals surface area contributed by atoms with Gasteiger partial charge in [0.05, 0.1) is 22.3 Å². The molecular weight excluding hydrogens is 320 g/mol. The van der Waals surface area contributed by atoms with Gasteiger partial charge in [-0.15, -0.1) is 0 Å². The molecule has 0 radical (unpaired) electrons. The van der Waals surface area contributed by atoms with Gasteiger partial charge in [-0.05, 0) is 47.5 Å². The van der Waals surface area contributed by atoms with Crippen LogP contribution in [0.5, 0.6) is 0 Å². The van der Waals surface area contributed by atoms with E-state index in [0.29, 0.717) is 11.1 Å². The second-order valence-electron chi connectivity index (χ2n) is 4.74. The average Bonchev–Trinajstić information content (AvgIpc) is 2.49. The summed E-state index contributed by atoms with van der Waals surface area (Å²) in [6, 6.07) is 7.78. The van der Waals surface area contributed by atoms with Gasteiger partial charge in [-0.2, -0.15) is 0 Å². The van der Waals surface area contributed by atoms with Crippen molar-refractivity contribution in [1.82, 2.24) is 0 Å². The molecule has 4 N–H and O–H groups in total. The molecule has 8 nitrogen and oxygen atoms in total. The molecule has 2 aliphatic carbocycles. The first-order valence-corrected chi connectivity index (χ1v) is 6.44. The van der Waals surface area contributed by atoms with Crippen molar-refractivity contribution in [2.24, 2.45) is 0 Å². The van der Waals surface area contributed by atoms with E-state index in [4.69, 9.17) is 20.4 Å². The van der Waals surface area contributed by atoms with E-state index < -0.39 is 23.9 Å². The quantitative estimate of drug-likeness (QED) is 0.568. The van der Waals surface area contributed by atoms with Crippen LogP contribution in [-0.2, 0) is 0 Å². The third-order valence-electron chi connectivity index (χ3n) is 3.29. The van der Waals surface area contributed by atoms with Crippen molar-refractivity contribution in [1.29, 1.82) is 0 Å². The molecule has 0 amide bonds. The monoisotopic (exact) mass is 330 g/mol. The summed E-state index contributed by atoms with van der Waals surface area (Å²) in [5, 5.41) is 33.9. The fourth-order valence-electron chi connectivity index (χ4n) is 2.00. The average molecular weight is 330 g/mol. The van der Waals surface area contributed by atoms with Gasteiger partial charge in [0.2, 0.25) is 0 Å². The molecule has 0 aromatic heterocycles. The molecular formula is C16H10O8. The fraction of sp³-hybridized carbons (Fsp3) is 0. The minimum atomic E-state index is -1.06. The van der Waals surface area contributed by atoms with Gasteiger partial charge in [0.1, 0.15) is 0 Å². The lowest BCUT2D eigenvalue weighted by Crippen LogP contribution is -2.14. The van der Waals surface area contributed by atoms with Gasteiger partial charge in [-0.3, -0.25) is 0 Å². The summed E-state index contributed by atoms with van der Waals surface area (Å²) in [7, 11) is 0. The largest absolute Gasteiger partial charge is 0.478 e. The van der Waals surface area contributed by atoms with Crippen LogP contribution >= 0.6 is 0 Å². The predicted octanol–water partition coefficient (Wildman–Crippen LogP) is 2.15. The summed E-state index contributed by atoms with van der Waals surface area (Å²) in [4.78, 5) is 41.4. The van der Waals surface area contributed by atoms with Gasteiger partial charge in [0.15, 0.2) is 0 Å². The normalized spacial score (nSPS) is 10.2. The molecule has 0 saturated heterocycles. The van der Waals surface area contributed by atoms with Crippen LogP contribution in [-0.4, -0.2) is 44.3 Å². The third kappa shape index (κ3) is 3.07. The smallest absolute Gasteiger partial charge is 0.336 e. The Morgan fingerprint density at radius 3 is 1.00 bits per heavy atom. The molecule has 0 spiro atoms. The molecule has 122 valence electrons. The van der Waals surface area contributed by atoms with Crippen molar-refractivity contribution in [3.63, 3.8) is 0 Å². The zero-order valence-corrected chi connectivity index (χ0v) is 11.9. The number of hydrogen-bond acceptors (Lipinski definition) is 4. The van der Waals surface area contributed by atoms with Crippen molar-refractivity contribution in [2.45, 2.75) is 0 Å². The maximum Gasteiger partial charge on any atom is 0.336 e. The molecule has 0 atom stereocenters. The second kappa shape index (κ2) is 6.21. The molecule has 1 aromatic carbocycles. The number of fused-ring (bicyclic) bond motifs is 1. The van der Waals surface area contributed by atoms with E-state index in [1.807, 2.05) is 0 Å². The van der Waals surface area contributed by atoms with Gasteiger partial charge >= 0.3 is 23.9 Å². The summed E-state index contributed by atoms with van der Waals surface area (Å²) in [5.41, 5.74) is 1.69. The maximum atomic E-state index is 10.4. The molecule has 0 heterocycles. The highest BCUT2D eigenvalue weighted by atomic mass is 16.4. The molecule has 2 aliphatic rings. The highest BCUT2D eigenvalue weighted by Crippen LogP contribution is 2.41. The zero-order valence-electron chi connectivity index (χ0n) is 11.9. The molecule has 0 bridgehead atoms. The van der Waals surface area contributed by atoms with E-state index >= 15 is 0 Å². The van der Waals surface area contributed by atoms with Crippen LogP contribution in [0.25, 0.3) is 11.1 Å². The van der Waals surface area contributed by atoms with Crippen molar-refractivity contribution in [2.75, 3.05) is 0 Å². The molecule has 0 fully saturated rings. The predicted molar refractivity (Wildman–Crippen MR) is 79.7 cm³/mol. The van der Waals surface area contributed by atoms with E-state index in [1.165, 1.54) is 36.4 Å². The summed E-state index contributed by atoms with van der Waals surface area (Å²) in [5.74, 6) is -4.14. The number of aromatic carboxylic acids is 4. The van der Waals surface area contributed by atoms with Crippen LogP contribution in [0, 0.1) is 0 Å². The highest BCUT2D eigenvalue weighted by molar-refractivity contribution is 6.12. The minimum absolute atomic E-state index is 0.0833. The van der Waals surface area contributed by atoms with Gasteiger partial charge in [-0.1, -0.05) is 0 Å². The Hall–Kier alpha value is -3.68. The molecule has 24 heavy (non-hydrogen) atoms. The molecule has 1 aromatic rings. The van der Waals surface area contributed by atoms with Crippen LogP contribution in [0.4, 0.5) is 0 Å². The number of rotatable bonds is 4. The first-order chi connectivity index (χ1) is 11.2. The first-order valence-electron chi connectivity index (χ1n) is 6.44. The van der Waals surface area contributed by atoms with E-state index in [1.54, 1.807) is 0 Å². The Bertz CT molecular complexity index is 757. The first kappa shape index (κ1) is 16.7. The van der Waals surface area contributed by atoms with Crippen LogP contribution in [0.15, 0.2) is 36.4 Å². The summed E-state index contributed by atoms with van der Waals surface area (Å²) >= 11 is 0. The standard InChI is InChI=1S/C8H4O4.C8H6O4/c9-7(10)5-1-3-4(5)2-6(3)8(11)12;9-7(10)5-1-2-6(4-3-5)8(11)12/h1-2H,(H,9,10)(H,11,12);1-4H,(H,9,10)(H,11,12). The van der Waals surface area contributed by atoms with Crippen LogP contribution in [0.2, 0.25) is 0 Å². The van der Waals surface area contributed by atoms with Crippen LogP contribution < -0.4 is 0 Å². The van der Waals surface area contributed by atoms with Gasteiger partial charge < -0.3 is 20.4 Å². The lowest BCUT2D eigenvalue weighted by Gasteiger charge is -2.21. The van der Waals surface area contributed by atoms with E-state index in [9.17, 15) is 19.2 Å². The van der Waals surface area contributed by atoms with Crippen molar-refractivity contribution >= 4 is 23.9 Å². The second-order valence-corrected chi connectivity index (χ2v) is 4.74. The topological polar surface area (TPSA) is 149 Å². The van der Waals surface area contributed by atoms with Gasteiger partial charge in [-0.25, -0.2) is 19.2 Å². The number of carboxylic acid groups (broad SMARTS) is 4. The van der Waals surface area contributed by atoms with E-state index in [2.05, 4.69) is 0 Å². The maximum absolute atomic E-state index is 10.4. The van der Waals surface area contributed by atoms with Crippen LogP contribution in [0.1, 0.15) is 41.4 Å². The number of benzene rings is 2. The number of carbonyl (C=O) groups is 4. The minimum Gasteiger partial charge on any atom is -0.478 e. The Kier molecular flexibility index (Phi) is 4.32. The van der Waals surface area contributed by atoms with Crippen molar-refractivity contribution in [3.05, 3.63) is 58.7 Å². The number of carboxylic acids is 4. The molecule has 0 saturated carbocycles. The molecule has 0 unspecified atom stereocenters. The number of hydrogen-bond donors (Lipinski definition) is 4. The van der Waals surface area contributed by atoms with Crippen molar-refractivity contribution < 1.29 is 39.6 Å². The highest BCUT2D eigenvalue weighted by Gasteiger charge is 2.29. The van der Waals surface area contributed by atoms with Crippen molar-refractivity contribution in [3.8, 4) is 11.1 Å². The molecule has 3 rings (SSSR count). The van der Waals surface area contributed by atoms with E-state index in [0.717, 1.165) is 0 Å². The Labute approximate surface area is 134 Å². The Morgan fingerprint density at radius 1 is 0.542 bits per heavy atom. The third-order valence-corrected chi connectivity index (χ3v) is 3.29. The molecule has 8 heteroatoms. The lowest BCUT2D eigenvalue weighted by atomic mass is 9.81. The molecule has 0 aliphatic heterocycles. The summed E-state index contributed by atoms with van der Waals surface area (Å²) in [6.45, 7) is 0. The Balaban J connectivity index is 0.000000174. The van der Waals surface area contributed by atoms with Crippen LogP contribution in [0.3, 0.4) is 0 Å². The summed E-state index contributed by atoms with van der Waals surface area (Å²) < 4.78 is 0. The van der Waals surface area contributed by atoms with Gasteiger partial charge in [0.25, 0.3) is 0 Å². The van der Waals surface area contributed by atoms with Gasteiger partial charge in [0, 0.05) is 0 Å². The lowest BCUT2D eigenvalue weighted by molar-refractivity contribution is 0.0678. The zero-order chi connectivity index (χ0) is 18.0.